The minimum absolute atomic E-state index is 0.0148. The number of rotatable bonds is 13. The molecule has 5 heterocycles. The third-order valence-electron chi connectivity index (χ3n) is 13.5. The molecule has 5 aliphatic heterocycles. The van der Waals surface area contributed by atoms with Crippen molar-refractivity contribution >= 4 is 63.3 Å². The predicted octanol–water partition coefficient (Wildman–Crippen LogP) is 7.26. The number of anilines is 1. The van der Waals surface area contributed by atoms with Gasteiger partial charge >= 0.3 is 5.97 Å². The fraction of sp³-hybridized carbons (Fsp3) is 0.451. The first-order valence-corrected chi connectivity index (χ1v) is 23.6. The second-order valence-corrected chi connectivity index (χ2v) is 18.0. The molecule has 2 fully saturated rings. The van der Waals surface area contributed by atoms with Gasteiger partial charge in [0.25, 0.3) is 11.8 Å². The van der Waals surface area contributed by atoms with Gasteiger partial charge in [0.05, 0.1) is 45.2 Å². The maximum Gasteiger partial charge on any atom is 0.303 e. The van der Waals surface area contributed by atoms with Crippen LogP contribution in [0.4, 0.5) is 5.69 Å². The minimum atomic E-state index is -0.879. The van der Waals surface area contributed by atoms with E-state index < -0.39 is 5.97 Å². The van der Waals surface area contributed by atoms with Crippen LogP contribution in [0, 0.1) is 0 Å². The van der Waals surface area contributed by atoms with Gasteiger partial charge in [-0.15, -0.1) is 11.6 Å². The predicted molar refractivity (Wildman–Crippen MR) is 249 cm³/mol. The van der Waals surface area contributed by atoms with Crippen LogP contribution in [-0.4, -0.2) is 120 Å². The number of amides is 3. The minimum Gasteiger partial charge on any atom is -0.507 e. The summed E-state index contributed by atoms with van der Waals surface area (Å²) in [7, 11) is 3.01. The monoisotopic (exact) mass is 937 g/mol. The van der Waals surface area contributed by atoms with Crippen LogP contribution in [0.3, 0.4) is 0 Å². The van der Waals surface area contributed by atoms with Crippen molar-refractivity contribution in [1.82, 2.24) is 9.80 Å². The van der Waals surface area contributed by atoms with Gasteiger partial charge in [-0.3, -0.25) is 28.8 Å². The van der Waals surface area contributed by atoms with Crippen molar-refractivity contribution in [3.63, 3.8) is 0 Å². The normalized spacial score (nSPS) is 19.7. The Labute approximate surface area is 393 Å². The fourth-order valence-electron chi connectivity index (χ4n) is 10.1. The van der Waals surface area contributed by atoms with Crippen LogP contribution in [0.15, 0.2) is 54.6 Å². The zero-order chi connectivity index (χ0) is 47.4. The van der Waals surface area contributed by atoms with Crippen molar-refractivity contribution in [1.29, 1.82) is 0 Å². The molecule has 0 unspecified atom stereocenters. The third kappa shape index (κ3) is 9.74. The Bertz CT molecular complexity index is 2600. The van der Waals surface area contributed by atoms with Crippen molar-refractivity contribution in [2.45, 2.75) is 95.1 Å². The maximum atomic E-state index is 13.3. The van der Waals surface area contributed by atoms with Crippen molar-refractivity contribution in [2.24, 2.45) is 0 Å². The molecule has 15 nitrogen and oxygen atoms in total. The van der Waals surface area contributed by atoms with E-state index in [-0.39, 0.29) is 91.9 Å². The molecule has 354 valence electrons. The molecule has 5 aliphatic rings. The van der Waals surface area contributed by atoms with Gasteiger partial charge in [0.2, 0.25) is 5.91 Å². The number of fused-ring (bicyclic) bond motifs is 7. The highest BCUT2D eigenvalue weighted by Crippen LogP contribution is 2.46. The summed E-state index contributed by atoms with van der Waals surface area (Å²) in [6, 6.07) is 15.3. The van der Waals surface area contributed by atoms with Gasteiger partial charge in [-0.05, 0) is 97.7 Å². The molecule has 2 saturated heterocycles. The van der Waals surface area contributed by atoms with Gasteiger partial charge in [-0.2, -0.15) is 0 Å². The highest BCUT2D eigenvalue weighted by molar-refractivity contribution is 6.19. The van der Waals surface area contributed by atoms with Crippen molar-refractivity contribution in [3.05, 3.63) is 82.4 Å². The number of carboxylic acids is 1. The number of hydrogen-bond donors (Lipinski definition) is 2. The molecule has 0 spiro atoms. The summed E-state index contributed by atoms with van der Waals surface area (Å²) in [5, 5.41) is 21.0. The highest BCUT2D eigenvalue weighted by atomic mass is 35.5. The van der Waals surface area contributed by atoms with Crippen LogP contribution in [0.5, 0.6) is 28.7 Å². The SMILES string of the molecule is COc1cc2c(cc1OCCCC(=O)N1C[C@@H](CCl)c3c1cc(O)c1ccccc31)CC(=O)[C@@H]1CCCCN1C2=O.COc1cc2c(cc1OCCCC(=O)O)CC(=O)[C@@H]1CCCCN1C2=O. The van der Waals surface area contributed by atoms with Gasteiger partial charge in [-0.1, -0.05) is 24.3 Å². The number of aromatic hydroxyl groups is 1. The first kappa shape index (κ1) is 47.2. The number of ether oxygens (including phenoxy) is 4. The number of aliphatic carboxylic acids is 1. The van der Waals surface area contributed by atoms with Crippen LogP contribution in [0.2, 0.25) is 0 Å². The number of Topliss-reactive ketones (excluding diaryl/α,β-unsaturated/α-hetero) is 2. The van der Waals surface area contributed by atoms with E-state index in [1.165, 1.54) is 14.2 Å². The summed E-state index contributed by atoms with van der Waals surface area (Å²) in [4.78, 5) is 80.9. The quantitative estimate of drug-likeness (QED) is 0.101. The third-order valence-corrected chi connectivity index (χ3v) is 13.8. The van der Waals surface area contributed by atoms with Crippen molar-refractivity contribution in [3.8, 4) is 28.7 Å². The van der Waals surface area contributed by atoms with Gasteiger partial charge in [-0.25, -0.2) is 0 Å². The van der Waals surface area contributed by atoms with Crippen molar-refractivity contribution in [2.75, 3.05) is 57.8 Å². The second-order valence-electron chi connectivity index (χ2n) is 17.7. The Morgan fingerprint density at radius 1 is 0.701 bits per heavy atom. The van der Waals surface area contributed by atoms with E-state index in [0.717, 1.165) is 42.0 Å². The van der Waals surface area contributed by atoms with Gasteiger partial charge in [0.15, 0.2) is 34.6 Å². The number of nitrogens with zero attached hydrogens (tertiary/aromatic N) is 3. The lowest BCUT2D eigenvalue weighted by Gasteiger charge is -2.33. The summed E-state index contributed by atoms with van der Waals surface area (Å²) < 4.78 is 22.6. The number of benzene rings is 4. The number of phenolic OH excluding ortho intramolecular Hbond substituents is 1. The standard InChI is InChI=1S/C32H33ClN2O6.C19H23NO6/c1-40-28-15-23-19(13-27(37)24-9-4-5-11-34(24)32(23)39)14-29(28)41-12-6-10-30(38)35-18-20(17-33)31-22-8-3-2-7-21(22)26(36)16-25(31)35;1-25-16-11-13-12(10-17(16)26-8-4-6-18(22)23)9-15(21)14-5-2-3-7-20(14)19(13)24/h2-3,7-8,14-16,20,24,36H,4-6,9-13,17-18H2,1H3;10-11,14H,2-9H2,1H3,(H,22,23)/t20-,24+;14-/m10/s1. The molecular weight excluding hydrogens is 882 g/mol. The molecule has 0 radical (unpaired) electrons. The van der Waals surface area contributed by atoms with Crippen LogP contribution >= 0.6 is 11.6 Å². The average molecular weight is 938 g/mol. The van der Waals surface area contributed by atoms with E-state index in [2.05, 4.69) is 0 Å². The number of piperidine rings is 2. The van der Waals surface area contributed by atoms with E-state index in [1.54, 1.807) is 45.0 Å². The molecule has 0 bridgehead atoms. The molecule has 4 aromatic carbocycles. The lowest BCUT2D eigenvalue weighted by molar-refractivity contribution is -0.137. The number of carboxylic acid groups (broad SMARTS) is 1. The number of carbonyl (C=O) groups excluding carboxylic acids is 5. The van der Waals surface area contributed by atoms with Gasteiger partial charge < -0.3 is 43.9 Å². The molecule has 0 aromatic heterocycles. The molecule has 4 aromatic rings. The van der Waals surface area contributed by atoms with E-state index in [4.69, 9.17) is 35.7 Å². The summed E-state index contributed by atoms with van der Waals surface area (Å²) in [6.45, 7) is 2.12. The zero-order valence-corrected chi connectivity index (χ0v) is 38.6. The van der Waals surface area contributed by atoms with E-state index >= 15 is 0 Å². The van der Waals surface area contributed by atoms with Gasteiger partial charge in [0, 0.05) is 79.7 Å². The highest BCUT2D eigenvalue weighted by Gasteiger charge is 2.39. The summed E-state index contributed by atoms with van der Waals surface area (Å²) >= 11 is 6.31. The molecule has 2 N–H and O–H groups in total. The van der Waals surface area contributed by atoms with Crippen molar-refractivity contribution < 1.29 is 57.9 Å². The molecule has 0 saturated carbocycles. The lowest BCUT2D eigenvalue weighted by atomic mass is 9.95. The Morgan fingerprint density at radius 3 is 1.73 bits per heavy atom. The number of phenols is 1. The van der Waals surface area contributed by atoms with E-state index in [1.807, 2.05) is 24.3 Å². The van der Waals surface area contributed by atoms with Crippen LogP contribution in [0.1, 0.15) is 108 Å². The van der Waals surface area contributed by atoms with E-state index in [0.29, 0.717) is 102 Å². The fourth-order valence-corrected chi connectivity index (χ4v) is 10.4. The smallest absolute Gasteiger partial charge is 0.303 e. The number of alkyl halides is 1. The first-order chi connectivity index (χ1) is 32.4. The lowest BCUT2D eigenvalue weighted by Crippen LogP contribution is -2.46. The molecule has 67 heavy (non-hydrogen) atoms. The largest absolute Gasteiger partial charge is 0.507 e. The Kier molecular flexibility index (Phi) is 14.5. The summed E-state index contributed by atoms with van der Waals surface area (Å²) in [5.41, 5.74) is 3.96. The summed E-state index contributed by atoms with van der Waals surface area (Å²) in [5.74, 6) is 1.09. The molecule has 16 heteroatoms. The Morgan fingerprint density at radius 2 is 1.22 bits per heavy atom. The number of methoxy groups -OCH3 is 2. The number of ketones is 2. The molecular formula is C51H56ClN3O12. The van der Waals surface area contributed by atoms with Gasteiger partial charge in [0.1, 0.15) is 5.75 Å². The molecule has 0 aliphatic carbocycles. The molecule has 3 atom stereocenters. The maximum absolute atomic E-state index is 13.3. The summed E-state index contributed by atoms with van der Waals surface area (Å²) in [6.07, 6.45) is 6.57. The molecule has 3 amide bonds. The van der Waals surface area contributed by atoms with Crippen LogP contribution in [0.25, 0.3) is 10.8 Å². The number of carbonyl (C=O) groups is 6. The number of halogens is 1. The second kappa shape index (κ2) is 20.7. The Balaban J connectivity index is 0.000000202. The topological polar surface area (TPSA) is 190 Å². The average Bonchev–Trinajstić information content (AvgIpc) is 3.63. The first-order valence-electron chi connectivity index (χ1n) is 23.1. The molecule has 9 rings (SSSR count). The zero-order valence-electron chi connectivity index (χ0n) is 37.9. The number of hydrogen-bond acceptors (Lipinski definition) is 11. The Hall–Kier alpha value is -6.35. The van der Waals surface area contributed by atoms with Crippen LogP contribution < -0.4 is 23.8 Å². The van der Waals surface area contributed by atoms with E-state index in [9.17, 15) is 33.9 Å². The van der Waals surface area contributed by atoms with Crippen LogP contribution in [-0.2, 0) is 32.0 Å².